The van der Waals surface area contributed by atoms with Crippen LogP contribution in [-0.2, 0) is 6.61 Å². The fourth-order valence-electron chi connectivity index (χ4n) is 3.39. The van der Waals surface area contributed by atoms with E-state index in [-0.39, 0.29) is 23.9 Å². The SMILES string of the molecule is CC[C@@H](C)c1nc2ccc(Br)cc2c(=O)n1N=Cc1ccc(OCc2ccccc2F)c(I)c1. The number of halogens is 3. The van der Waals surface area contributed by atoms with Gasteiger partial charge in [0.1, 0.15) is 24.0 Å². The van der Waals surface area contributed by atoms with Gasteiger partial charge in [-0.05, 0) is 77.0 Å². The number of aromatic nitrogens is 2. The first-order valence-corrected chi connectivity index (χ1v) is 12.7. The van der Waals surface area contributed by atoms with Crippen LogP contribution in [0.4, 0.5) is 4.39 Å². The molecule has 0 saturated carbocycles. The second kappa shape index (κ2) is 10.8. The average molecular weight is 634 g/mol. The van der Waals surface area contributed by atoms with Crippen LogP contribution in [0.25, 0.3) is 10.9 Å². The Hall–Kier alpha value is -2.59. The van der Waals surface area contributed by atoms with Crippen molar-refractivity contribution in [1.29, 1.82) is 0 Å². The quantitative estimate of drug-likeness (QED) is 0.165. The minimum Gasteiger partial charge on any atom is -0.488 e. The Bertz CT molecular complexity index is 1440. The molecule has 1 heterocycles. The lowest BCUT2D eigenvalue weighted by molar-refractivity contribution is 0.297. The molecule has 0 aliphatic carbocycles. The van der Waals surface area contributed by atoms with Crippen LogP contribution in [0.5, 0.6) is 5.75 Å². The summed E-state index contributed by atoms with van der Waals surface area (Å²) in [6, 6.07) is 17.6. The van der Waals surface area contributed by atoms with Crippen molar-refractivity contribution in [2.45, 2.75) is 32.8 Å². The number of hydrogen-bond donors (Lipinski definition) is 0. The highest BCUT2D eigenvalue weighted by Crippen LogP contribution is 2.24. The minimum atomic E-state index is -0.292. The molecule has 1 aromatic heterocycles. The summed E-state index contributed by atoms with van der Waals surface area (Å²) in [5, 5.41) is 5.01. The Morgan fingerprint density at radius 2 is 2.00 bits per heavy atom. The van der Waals surface area contributed by atoms with Crippen molar-refractivity contribution in [3.63, 3.8) is 0 Å². The summed E-state index contributed by atoms with van der Waals surface area (Å²) < 4.78 is 22.7. The highest BCUT2D eigenvalue weighted by Gasteiger charge is 2.15. The standard InChI is InChI=1S/C26H22BrFIN3O2/c1-3-16(2)25-31-23-10-9-19(27)13-20(23)26(33)32(25)30-14-17-8-11-24(22(29)12-17)34-15-18-6-4-5-7-21(18)28/h4-14,16H,3,15H2,1-2H3/t16-/m1/s1. The summed E-state index contributed by atoms with van der Waals surface area (Å²) in [5.74, 6) is 1.04. The highest BCUT2D eigenvalue weighted by molar-refractivity contribution is 14.1. The molecule has 4 aromatic rings. The molecule has 0 aliphatic heterocycles. The fraction of sp³-hybridized carbons (Fsp3) is 0.192. The van der Waals surface area contributed by atoms with Gasteiger partial charge in [-0.25, -0.2) is 9.37 Å². The molecule has 0 unspecified atom stereocenters. The zero-order chi connectivity index (χ0) is 24.2. The molecular formula is C26H22BrFIN3O2. The first kappa shape index (κ1) is 24.5. The second-order valence-corrected chi connectivity index (χ2v) is 9.95. The van der Waals surface area contributed by atoms with Crippen LogP contribution in [0, 0.1) is 9.39 Å². The van der Waals surface area contributed by atoms with Crippen LogP contribution in [0.15, 0.2) is 75.0 Å². The summed E-state index contributed by atoms with van der Waals surface area (Å²) in [5.41, 5.74) is 1.74. The zero-order valence-electron chi connectivity index (χ0n) is 18.6. The Kier molecular flexibility index (Phi) is 7.77. The molecule has 0 saturated heterocycles. The van der Waals surface area contributed by atoms with Gasteiger partial charge in [0.05, 0.1) is 20.7 Å². The van der Waals surface area contributed by atoms with E-state index in [1.807, 2.05) is 37.3 Å². The van der Waals surface area contributed by atoms with Gasteiger partial charge < -0.3 is 4.74 Å². The highest BCUT2D eigenvalue weighted by atomic mass is 127. The van der Waals surface area contributed by atoms with E-state index in [0.29, 0.717) is 28.0 Å². The first-order valence-electron chi connectivity index (χ1n) is 10.8. The largest absolute Gasteiger partial charge is 0.488 e. The number of nitrogens with zero attached hydrogens (tertiary/aromatic N) is 3. The summed E-state index contributed by atoms with van der Waals surface area (Å²) in [6.45, 7) is 4.23. The lowest BCUT2D eigenvalue weighted by atomic mass is 10.1. The van der Waals surface area contributed by atoms with E-state index >= 15 is 0 Å². The van der Waals surface area contributed by atoms with Gasteiger partial charge in [0.15, 0.2) is 0 Å². The van der Waals surface area contributed by atoms with Crippen LogP contribution in [-0.4, -0.2) is 15.9 Å². The van der Waals surface area contributed by atoms with Crippen molar-refractivity contribution in [3.8, 4) is 5.75 Å². The Labute approximate surface area is 219 Å². The van der Waals surface area contributed by atoms with Crippen LogP contribution >= 0.6 is 38.5 Å². The molecule has 174 valence electrons. The summed E-state index contributed by atoms with van der Waals surface area (Å²) in [7, 11) is 0. The van der Waals surface area contributed by atoms with Gasteiger partial charge in [-0.1, -0.05) is 48.0 Å². The second-order valence-electron chi connectivity index (χ2n) is 7.87. The normalized spacial score (nSPS) is 12.4. The van der Waals surface area contributed by atoms with Crippen molar-refractivity contribution in [2.75, 3.05) is 0 Å². The molecule has 5 nitrogen and oxygen atoms in total. The molecule has 0 fully saturated rings. The van der Waals surface area contributed by atoms with Crippen LogP contribution in [0.1, 0.15) is 43.1 Å². The lowest BCUT2D eigenvalue weighted by Gasteiger charge is -2.14. The maximum Gasteiger partial charge on any atom is 0.282 e. The molecule has 0 spiro atoms. The van der Waals surface area contributed by atoms with Gasteiger partial charge in [-0.2, -0.15) is 9.78 Å². The molecule has 0 amide bonds. The summed E-state index contributed by atoms with van der Waals surface area (Å²) >= 11 is 5.60. The van der Waals surface area contributed by atoms with E-state index in [2.05, 4.69) is 50.5 Å². The van der Waals surface area contributed by atoms with Gasteiger partial charge in [0.25, 0.3) is 5.56 Å². The van der Waals surface area contributed by atoms with Gasteiger partial charge in [-0.15, -0.1) is 0 Å². The first-order chi connectivity index (χ1) is 16.4. The predicted molar refractivity (Wildman–Crippen MR) is 145 cm³/mol. The van der Waals surface area contributed by atoms with Crippen molar-refractivity contribution < 1.29 is 9.13 Å². The maximum atomic E-state index is 13.9. The molecule has 0 bridgehead atoms. The van der Waals surface area contributed by atoms with E-state index in [4.69, 9.17) is 9.72 Å². The van der Waals surface area contributed by atoms with Crippen LogP contribution < -0.4 is 10.3 Å². The predicted octanol–water partition coefficient (Wildman–Crippen LogP) is 6.88. The molecule has 3 aromatic carbocycles. The number of fused-ring (bicyclic) bond motifs is 1. The molecule has 0 N–H and O–H groups in total. The fourth-order valence-corrected chi connectivity index (χ4v) is 4.45. The molecule has 8 heteroatoms. The van der Waals surface area contributed by atoms with E-state index in [9.17, 15) is 9.18 Å². The van der Waals surface area contributed by atoms with Gasteiger partial charge in [0.2, 0.25) is 0 Å². The molecule has 4 rings (SSSR count). The molecule has 34 heavy (non-hydrogen) atoms. The smallest absolute Gasteiger partial charge is 0.282 e. The van der Waals surface area contributed by atoms with Gasteiger partial charge in [0, 0.05) is 16.0 Å². The van der Waals surface area contributed by atoms with Crippen molar-refractivity contribution in [3.05, 3.63) is 102 Å². The minimum absolute atomic E-state index is 0.0622. The summed E-state index contributed by atoms with van der Waals surface area (Å²) in [6.07, 6.45) is 2.47. The number of benzene rings is 3. The Morgan fingerprint density at radius 1 is 1.21 bits per heavy atom. The van der Waals surface area contributed by atoms with Gasteiger partial charge in [-0.3, -0.25) is 4.79 Å². The third-order valence-corrected chi connectivity index (χ3v) is 6.84. The van der Waals surface area contributed by atoms with Crippen LogP contribution in [0.3, 0.4) is 0 Å². The summed E-state index contributed by atoms with van der Waals surface area (Å²) in [4.78, 5) is 18.0. The Balaban J connectivity index is 1.63. The van der Waals surface area contributed by atoms with Crippen molar-refractivity contribution in [2.24, 2.45) is 5.10 Å². The Morgan fingerprint density at radius 3 is 2.74 bits per heavy atom. The number of hydrogen-bond acceptors (Lipinski definition) is 4. The monoisotopic (exact) mass is 633 g/mol. The maximum absolute atomic E-state index is 13.9. The number of rotatable bonds is 7. The lowest BCUT2D eigenvalue weighted by Crippen LogP contribution is -2.23. The molecule has 1 atom stereocenters. The van der Waals surface area contributed by atoms with E-state index < -0.39 is 0 Å². The van der Waals surface area contributed by atoms with Crippen LogP contribution in [0.2, 0.25) is 0 Å². The average Bonchev–Trinajstić information content (AvgIpc) is 2.83. The third-order valence-electron chi connectivity index (χ3n) is 5.51. The molecule has 0 radical (unpaired) electrons. The molecule has 0 aliphatic rings. The van der Waals surface area contributed by atoms with E-state index in [1.54, 1.807) is 30.5 Å². The van der Waals surface area contributed by atoms with E-state index in [0.717, 1.165) is 20.0 Å². The third kappa shape index (κ3) is 5.38. The zero-order valence-corrected chi connectivity index (χ0v) is 22.4. The van der Waals surface area contributed by atoms with Crippen molar-refractivity contribution in [1.82, 2.24) is 9.66 Å². The van der Waals surface area contributed by atoms with Crippen molar-refractivity contribution >= 4 is 55.6 Å². The number of ether oxygens (including phenoxy) is 1. The van der Waals surface area contributed by atoms with E-state index in [1.165, 1.54) is 10.7 Å². The topological polar surface area (TPSA) is 56.5 Å². The molecular weight excluding hydrogens is 612 g/mol. The van der Waals surface area contributed by atoms with Gasteiger partial charge >= 0.3 is 0 Å².